The minimum atomic E-state index is 1.08. The maximum Gasteiger partial charge on any atom is 0.0619 e. The van der Waals surface area contributed by atoms with Gasteiger partial charge in [0.25, 0.3) is 0 Å². The predicted molar refractivity (Wildman–Crippen MR) is 311 cm³/mol. The Hall–Kier alpha value is -9.90. The lowest BCUT2D eigenvalue weighted by molar-refractivity contribution is 1.13. The zero-order chi connectivity index (χ0) is 49.2. The summed E-state index contributed by atoms with van der Waals surface area (Å²) < 4.78 is 4.98. The molecule has 74 heavy (non-hydrogen) atoms. The fraction of sp³-hybridized carbons (Fsp3) is 0. The average molecular weight is 947 g/mol. The summed E-state index contributed by atoms with van der Waals surface area (Å²) in [6.07, 6.45) is 0. The highest BCUT2D eigenvalue weighted by molar-refractivity contribution is 6.15. The highest BCUT2D eigenvalue weighted by Crippen LogP contribution is 2.50. The molecule has 11 aromatic carbocycles. The van der Waals surface area contributed by atoms with Crippen molar-refractivity contribution in [2.45, 2.75) is 0 Å². The lowest BCUT2D eigenvalue weighted by Gasteiger charge is -2.25. The lowest BCUT2D eigenvalue weighted by Crippen LogP contribution is -2.09. The standard InChI is InChI=1S/C70H50N4/c1-9-25-51(26-10-1)67-63-49-66-64(50-65(63)73(59-37-21-7-22-38-59)69(67)53-41-45-61(46-42-53)71(55-29-13-3-14-30-55)56-31-15-4-16-32-56)68(52-27-11-2-12-28-52)70(74(66)60-39-23-8-24-40-60)54-43-47-62(48-44-54)72(57-33-17-5-18-34-57)58-35-19-6-20-36-58/h1-50H. The van der Waals surface area contributed by atoms with Gasteiger partial charge in [0.1, 0.15) is 0 Å². The largest absolute Gasteiger partial charge is 0.311 e. The van der Waals surface area contributed by atoms with E-state index in [1.807, 2.05) is 0 Å². The van der Waals surface area contributed by atoms with E-state index in [9.17, 15) is 0 Å². The molecular formula is C70H50N4. The van der Waals surface area contributed by atoms with Crippen molar-refractivity contribution in [2.75, 3.05) is 9.80 Å². The SMILES string of the molecule is c1ccc(-c2c(-c3ccc(N(c4ccccc4)c4ccccc4)cc3)n(-c3ccccc3)c3cc4c(-c5ccccc5)c(-c5ccc(N(c6ccccc6)c6ccccc6)cc5)n(-c5ccccc5)c4cc23)cc1. The molecule has 13 rings (SSSR count). The molecule has 0 amide bonds. The van der Waals surface area contributed by atoms with E-state index >= 15 is 0 Å². The second-order valence-electron chi connectivity index (χ2n) is 18.5. The molecule has 0 atom stereocenters. The number of aromatic nitrogens is 2. The van der Waals surface area contributed by atoms with Crippen molar-refractivity contribution in [3.05, 3.63) is 303 Å². The van der Waals surface area contributed by atoms with Crippen molar-refractivity contribution in [1.82, 2.24) is 9.13 Å². The summed E-state index contributed by atoms with van der Waals surface area (Å²) in [5, 5.41) is 2.33. The molecule has 0 spiro atoms. The third-order valence-electron chi connectivity index (χ3n) is 14.1. The Labute approximate surface area is 432 Å². The molecule has 2 heterocycles. The number of hydrogen-bond donors (Lipinski definition) is 0. The highest BCUT2D eigenvalue weighted by atomic mass is 15.1. The van der Waals surface area contributed by atoms with E-state index < -0.39 is 0 Å². The Morgan fingerprint density at radius 1 is 0.216 bits per heavy atom. The van der Waals surface area contributed by atoms with E-state index in [2.05, 4.69) is 322 Å². The Morgan fingerprint density at radius 2 is 0.459 bits per heavy atom. The summed E-state index contributed by atoms with van der Waals surface area (Å²) >= 11 is 0. The number of hydrogen-bond acceptors (Lipinski definition) is 2. The van der Waals surface area contributed by atoms with Gasteiger partial charge in [-0.25, -0.2) is 0 Å². The maximum absolute atomic E-state index is 2.49. The zero-order valence-electron chi connectivity index (χ0n) is 40.7. The molecule has 0 saturated carbocycles. The number of anilines is 6. The first-order valence-electron chi connectivity index (χ1n) is 25.3. The van der Waals surface area contributed by atoms with Gasteiger partial charge in [-0.05, 0) is 131 Å². The fourth-order valence-corrected chi connectivity index (χ4v) is 10.8. The highest BCUT2D eigenvalue weighted by Gasteiger charge is 2.28. The predicted octanol–water partition coefficient (Wildman–Crippen LogP) is 19.2. The van der Waals surface area contributed by atoms with Gasteiger partial charge in [0.05, 0.1) is 22.4 Å². The van der Waals surface area contributed by atoms with Gasteiger partial charge in [0, 0.05) is 67.4 Å². The molecule has 0 fully saturated rings. The molecule has 4 nitrogen and oxygen atoms in total. The van der Waals surface area contributed by atoms with Crippen molar-refractivity contribution in [1.29, 1.82) is 0 Å². The third kappa shape index (κ3) is 8.01. The Bertz CT molecular complexity index is 3510. The van der Waals surface area contributed by atoms with Crippen LogP contribution >= 0.6 is 0 Å². The van der Waals surface area contributed by atoms with E-state index in [0.717, 1.165) is 90.2 Å². The number of para-hydroxylation sites is 6. The number of nitrogens with zero attached hydrogens (tertiary/aromatic N) is 4. The Morgan fingerprint density at radius 3 is 0.743 bits per heavy atom. The lowest BCUT2D eigenvalue weighted by atomic mass is 9.96. The molecule has 0 N–H and O–H groups in total. The summed E-state index contributed by atoms with van der Waals surface area (Å²) in [6.45, 7) is 0. The molecular weight excluding hydrogens is 897 g/mol. The van der Waals surface area contributed by atoms with Crippen LogP contribution in [0.4, 0.5) is 34.1 Å². The first-order chi connectivity index (χ1) is 36.8. The van der Waals surface area contributed by atoms with Gasteiger partial charge in [-0.15, -0.1) is 0 Å². The van der Waals surface area contributed by atoms with E-state index in [0.29, 0.717) is 0 Å². The second-order valence-corrected chi connectivity index (χ2v) is 18.5. The van der Waals surface area contributed by atoms with Crippen LogP contribution < -0.4 is 9.80 Å². The minimum absolute atomic E-state index is 1.08. The number of fused-ring (bicyclic) bond motifs is 2. The van der Waals surface area contributed by atoms with Gasteiger partial charge in [0.2, 0.25) is 0 Å². The van der Waals surface area contributed by atoms with E-state index in [4.69, 9.17) is 0 Å². The van der Waals surface area contributed by atoms with E-state index in [1.165, 1.54) is 21.9 Å². The molecule has 4 heteroatoms. The quantitative estimate of drug-likeness (QED) is 0.121. The summed E-state index contributed by atoms with van der Waals surface area (Å²) in [6, 6.07) is 109. The van der Waals surface area contributed by atoms with Gasteiger partial charge < -0.3 is 18.9 Å². The normalized spacial score (nSPS) is 11.2. The van der Waals surface area contributed by atoms with Gasteiger partial charge >= 0.3 is 0 Å². The Kier molecular flexibility index (Phi) is 11.5. The van der Waals surface area contributed by atoms with Crippen LogP contribution in [0.25, 0.3) is 77.9 Å². The molecule has 0 radical (unpaired) electrons. The van der Waals surface area contributed by atoms with Crippen LogP contribution in [0.1, 0.15) is 0 Å². The topological polar surface area (TPSA) is 16.3 Å². The summed E-state index contributed by atoms with van der Waals surface area (Å²) in [4.78, 5) is 4.64. The van der Waals surface area contributed by atoms with Gasteiger partial charge in [-0.2, -0.15) is 0 Å². The van der Waals surface area contributed by atoms with Crippen molar-refractivity contribution < 1.29 is 0 Å². The van der Waals surface area contributed by atoms with Crippen LogP contribution in [-0.2, 0) is 0 Å². The summed E-state index contributed by atoms with van der Waals surface area (Å²) in [5.41, 5.74) is 20.2. The maximum atomic E-state index is 2.49. The molecule has 0 aliphatic carbocycles. The van der Waals surface area contributed by atoms with Crippen LogP contribution in [0.5, 0.6) is 0 Å². The molecule has 0 bridgehead atoms. The van der Waals surface area contributed by atoms with Crippen molar-refractivity contribution in [3.63, 3.8) is 0 Å². The van der Waals surface area contributed by atoms with Crippen LogP contribution in [0.2, 0.25) is 0 Å². The van der Waals surface area contributed by atoms with Gasteiger partial charge in [-0.3, -0.25) is 0 Å². The monoisotopic (exact) mass is 946 g/mol. The molecule has 0 unspecified atom stereocenters. The van der Waals surface area contributed by atoms with Crippen LogP contribution in [0, 0.1) is 0 Å². The van der Waals surface area contributed by atoms with Crippen LogP contribution in [0.15, 0.2) is 303 Å². The zero-order valence-corrected chi connectivity index (χ0v) is 40.7. The molecule has 13 aromatic rings. The van der Waals surface area contributed by atoms with Crippen LogP contribution in [-0.4, -0.2) is 9.13 Å². The first kappa shape index (κ1) is 44.1. The van der Waals surface area contributed by atoms with Gasteiger partial charge in [0.15, 0.2) is 0 Å². The van der Waals surface area contributed by atoms with Crippen LogP contribution in [0.3, 0.4) is 0 Å². The number of benzene rings is 11. The fourth-order valence-electron chi connectivity index (χ4n) is 10.8. The second kappa shape index (κ2) is 19.4. The smallest absolute Gasteiger partial charge is 0.0619 e. The summed E-state index contributed by atoms with van der Waals surface area (Å²) in [5.74, 6) is 0. The van der Waals surface area contributed by atoms with Crippen molar-refractivity contribution in [3.8, 4) is 56.1 Å². The summed E-state index contributed by atoms with van der Waals surface area (Å²) in [7, 11) is 0. The van der Waals surface area contributed by atoms with E-state index in [-0.39, 0.29) is 0 Å². The van der Waals surface area contributed by atoms with Gasteiger partial charge in [-0.1, -0.05) is 194 Å². The molecule has 2 aromatic heterocycles. The first-order valence-corrected chi connectivity index (χ1v) is 25.3. The molecule has 0 aliphatic rings. The molecule has 350 valence electrons. The third-order valence-corrected chi connectivity index (χ3v) is 14.1. The van der Waals surface area contributed by atoms with E-state index in [1.54, 1.807) is 0 Å². The molecule has 0 aliphatic heterocycles. The van der Waals surface area contributed by atoms with Crippen molar-refractivity contribution >= 4 is 55.9 Å². The average Bonchev–Trinajstić information content (AvgIpc) is 4.02. The Balaban J connectivity index is 1.08. The van der Waals surface area contributed by atoms with Crippen molar-refractivity contribution in [2.24, 2.45) is 0 Å². The minimum Gasteiger partial charge on any atom is -0.311 e. The number of rotatable bonds is 12. The molecule has 0 saturated heterocycles.